The number of rotatable bonds is 5. The number of benzene rings is 2. The molecule has 0 spiro atoms. The quantitative estimate of drug-likeness (QED) is 0.828. The molecule has 0 saturated carbocycles. The highest BCUT2D eigenvalue weighted by atomic mass is 35.5. The minimum atomic E-state index is -1.09. The van der Waals surface area contributed by atoms with Crippen molar-refractivity contribution >= 4 is 29.2 Å². The molecular weight excluding hydrogens is 347 g/mol. The fourth-order valence-electron chi connectivity index (χ4n) is 2.05. The Kier molecular flexibility index (Phi) is 6.09. The maximum absolute atomic E-state index is 13.7. The molecule has 0 aliphatic heterocycles. The molecule has 0 heterocycles. The number of esters is 1. The third-order valence-corrected chi connectivity index (χ3v) is 3.67. The van der Waals surface area contributed by atoms with Crippen molar-refractivity contribution in [3.63, 3.8) is 0 Å². The van der Waals surface area contributed by atoms with Crippen LogP contribution in [0.2, 0.25) is 5.02 Å². The van der Waals surface area contributed by atoms with Gasteiger partial charge in [0.1, 0.15) is 5.82 Å². The van der Waals surface area contributed by atoms with Gasteiger partial charge < -0.3 is 10.1 Å². The van der Waals surface area contributed by atoms with Gasteiger partial charge in [-0.05, 0) is 37.3 Å². The van der Waals surface area contributed by atoms with Crippen LogP contribution in [0.1, 0.15) is 18.1 Å². The number of nitriles is 1. The van der Waals surface area contributed by atoms with Gasteiger partial charge in [0.2, 0.25) is 0 Å². The van der Waals surface area contributed by atoms with Crippen molar-refractivity contribution in [3.05, 3.63) is 64.4 Å². The average Bonchev–Trinajstić information content (AvgIpc) is 2.58. The molecule has 0 radical (unpaired) electrons. The first-order valence-corrected chi connectivity index (χ1v) is 7.72. The molecule has 2 aromatic rings. The van der Waals surface area contributed by atoms with Crippen LogP contribution in [0.15, 0.2) is 42.5 Å². The minimum Gasteiger partial charge on any atom is -0.452 e. The van der Waals surface area contributed by atoms with E-state index < -0.39 is 23.8 Å². The van der Waals surface area contributed by atoms with Gasteiger partial charge in [-0.1, -0.05) is 23.7 Å². The first kappa shape index (κ1) is 18.4. The molecule has 2 aromatic carbocycles. The van der Waals surface area contributed by atoms with Crippen LogP contribution < -0.4 is 5.32 Å². The zero-order valence-corrected chi connectivity index (χ0v) is 14.0. The molecule has 0 bridgehead atoms. The lowest BCUT2D eigenvalue weighted by Crippen LogP contribution is -2.30. The van der Waals surface area contributed by atoms with Gasteiger partial charge >= 0.3 is 5.97 Å². The highest BCUT2D eigenvalue weighted by molar-refractivity contribution is 6.31. The largest absolute Gasteiger partial charge is 0.452 e. The predicted octanol–water partition coefficient (Wildman–Crippen LogP) is 3.46. The zero-order valence-electron chi connectivity index (χ0n) is 13.3. The minimum absolute atomic E-state index is 0.0171. The molecule has 1 amide bonds. The molecule has 2 rings (SSSR count). The normalized spacial score (nSPS) is 11.3. The van der Waals surface area contributed by atoms with Crippen molar-refractivity contribution in [1.29, 1.82) is 5.26 Å². The summed E-state index contributed by atoms with van der Waals surface area (Å²) in [6.45, 7) is 1.39. The summed E-state index contributed by atoms with van der Waals surface area (Å²) in [5, 5.41) is 11.5. The van der Waals surface area contributed by atoms with E-state index in [1.54, 1.807) is 18.2 Å². The molecule has 128 valence electrons. The van der Waals surface area contributed by atoms with Crippen molar-refractivity contribution in [1.82, 2.24) is 0 Å². The van der Waals surface area contributed by atoms with Crippen molar-refractivity contribution in [2.75, 3.05) is 5.32 Å². The number of nitrogens with one attached hydrogen (secondary N) is 1. The predicted molar refractivity (Wildman–Crippen MR) is 90.5 cm³/mol. The Bertz CT molecular complexity index is 828. The second kappa shape index (κ2) is 8.27. The van der Waals surface area contributed by atoms with Gasteiger partial charge in [0.05, 0.1) is 18.1 Å². The third-order valence-electron chi connectivity index (χ3n) is 3.32. The smallest absolute Gasteiger partial charge is 0.311 e. The summed E-state index contributed by atoms with van der Waals surface area (Å²) in [4.78, 5) is 24.0. The highest BCUT2D eigenvalue weighted by Gasteiger charge is 2.20. The SMILES string of the molecule is C[C@H](OC(=O)Cc1c(F)cccc1Cl)C(=O)Nc1cccc(C#N)c1. The van der Waals surface area contributed by atoms with Gasteiger partial charge in [-0.3, -0.25) is 9.59 Å². The number of ether oxygens (including phenoxy) is 1. The number of hydrogen-bond acceptors (Lipinski definition) is 4. The lowest BCUT2D eigenvalue weighted by molar-refractivity contribution is -0.152. The summed E-state index contributed by atoms with van der Waals surface area (Å²) in [6, 6.07) is 12.3. The van der Waals surface area contributed by atoms with Crippen LogP contribution in [0, 0.1) is 17.1 Å². The van der Waals surface area contributed by atoms with Crippen molar-refractivity contribution in [2.45, 2.75) is 19.4 Å². The second-order valence-corrected chi connectivity index (χ2v) is 5.60. The maximum Gasteiger partial charge on any atom is 0.311 e. The number of amides is 1. The zero-order chi connectivity index (χ0) is 18.4. The van der Waals surface area contributed by atoms with Crippen LogP contribution in [0.25, 0.3) is 0 Å². The summed E-state index contributed by atoms with van der Waals surface area (Å²) >= 11 is 5.86. The maximum atomic E-state index is 13.7. The molecule has 0 aromatic heterocycles. The van der Waals surface area contributed by atoms with Gasteiger partial charge in [0.15, 0.2) is 6.10 Å². The molecule has 1 atom stereocenters. The molecule has 0 unspecified atom stereocenters. The average molecular weight is 361 g/mol. The Balaban J connectivity index is 1.96. The van der Waals surface area contributed by atoms with Crippen LogP contribution in [0.4, 0.5) is 10.1 Å². The summed E-state index contributed by atoms with van der Waals surface area (Å²) in [5.74, 6) is -1.96. The van der Waals surface area contributed by atoms with E-state index in [1.807, 2.05) is 6.07 Å². The van der Waals surface area contributed by atoms with Gasteiger partial charge in [-0.15, -0.1) is 0 Å². The summed E-state index contributed by atoms with van der Waals surface area (Å²) in [5.41, 5.74) is 0.809. The Hall–Kier alpha value is -2.91. The first-order valence-electron chi connectivity index (χ1n) is 7.34. The molecule has 0 aliphatic carbocycles. The summed E-state index contributed by atoms with van der Waals surface area (Å²) < 4.78 is 18.7. The third kappa shape index (κ3) is 5.03. The number of anilines is 1. The van der Waals surface area contributed by atoms with E-state index in [4.69, 9.17) is 21.6 Å². The van der Waals surface area contributed by atoms with Crippen LogP contribution in [-0.4, -0.2) is 18.0 Å². The fourth-order valence-corrected chi connectivity index (χ4v) is 2.28. The van der Waals surface area contributed by atoms with E-state index in [0.717, 1.165) is 0 Å². The van der Waals surface area contributed by atoms with E-state index in [9.17, 15) is 14.0 Å². The number of carbonyl (C=O) groups is 2. The van der Waals surface area contributed by atoms with Gasteiger partial charge in [0, 0.05) is 16.3 Å². The lowest BCUT2D eigenvalue weighted by atomic mass is 10.1. The molecule has 5 nitrogen and oxygen atoms in total. The van der Waals surface area contributed by atoms with Gasteiger partial charge in [0.25, 0.3) is 5.91 Å². The topological polar surface area (TPSA) is 79.2 Å². The van der Waals surface area contributed by atoms with Crippen molar-refractivity contribution in [3.8, 4) is 6.07 Å². The summed E-state index contributed by atoms with van der Waals surface area (Å²) in [7, 11) is 0. The second-order valence-electron chi connectivity index (χ2n) is 5.19. The molecule has 25 heavy (non-hydrogen) atoms. The van der Waals surface area contributed by atoms with Crippen LogP contribution in [0.5, 0.6) is 0 Å². The molecular formula is C18H14ClFN2O3. The van der Waals surface area contributed by atoms with Crippen LogP contribution >= 0.6 is 11.6 Å². The number of nitrogens with zero attached hydrogens (tertiary/aromatic N) is 1. The van der Waals surface area contributed by atoms with Crippen molar-refractivity contribution in [2.24, 2.45) is 0 Å². The Morgan fingerprint density at radius 2 is 2.04 bits per heavy atom. The highest BCUT2D eigenvalue weighted by Crippen LogP contribution is 2.20. The number of halogens is 2. The summed E-state index contributed by atoms with van der Waals surface area (Å²) in [6.07, 6.45) is -1.48. The van der Waals surface area contributed by atoms with Crippen LogP contribution in [0.3, 0.4) is 0 Å². The lowest BCUT2D eigenvalue weighted by Gasteiger charge is -2.14. The van der Waals surface area contributed by atoms with E-state index in [-0.39, 0.29) is 17.0 Å². The molecule has 7 heteroatoms. The molecule has 0 aliphatic rings. The Morgan fingerprint density at radius 3 is 2.72 bits per heavy atom. The number of carbonyl (C=O) groups excluding carboxylic acids is 2. The van der Waals surface area contributed by atoms with Gasteiger partial charge in [-0.2, -0.15) is 5.26 Å². The fraction of sp³-hybridized carbons (Fsp3) is 0.167. The Morgan fingerprint density at radius 1 is 1.32 bits per heavy atom. The van der Waals surface area contributed by atoms with E-state index >= 15 is 0 Å². The first-order chi connectivity index (χ1) is 11.9. The molecule has 0 fully saturated rings. The van der Waals surface area contributed by atoms with E-state index in [0.29, 0.717) is 11.3 Å². The Labute approximate surface area is 149 Å². The van der Waals surface area contributed by atoms with E-state index in [2.05, 4.69) is 5.32 Å². The van der Waals surface area contributed by atoms with Crippen molar-refractivity contribution < 1.29 is 18.7 Å². The molecule has 1 N–H and O–H groups in total. The monoisotopic (exact) mass is 360 g/mol. The number of hydrogen-bond donors (Lipinski definition) is 1. The molecule has 0 saturated heterocycles. The van der Waals surface area contributed by atoms with Crippen LogP contribution in [-0.2, 0) is 20.7 Å². The standard InChI is InChI=1S/C18H14ClFN2O3/c1-11(18(24)22-13-5-2-4-12(8-13)10-21)25-17(23)9-14-15(19)6-3-7-16(14)20/h2-8,11H,9H2,1H3,(H,22,24)/t11-/m0/s1. The van der Waals surface area contributed by atoms with Gasteiger partial charge in [-0.25, -0.2) is 4.39 Å². The van der Waals surface area contributed by atoms with E-state index in [1.165, 1.54) is 31.2 Å².